The number of rotatable bonds is 5. The van der Waals surface area contributed by atoms with Crippen molar-refractivity contribution < 1.29 is 4.39 Å². The highest BCUT2D eigenvalue weighted by Crippen LogP contribution is 2.30. The van der Waals surface area contributed by atoms with Gasteiger partial charge in [0, 0.05) is 31.6 Å². The molecule has 1 saturated heterocycles. The molecule has 0 unspecified atom stereocenters. The molecule has 2 aromatic rings. The van der Waals surface area contributed by atoms with E-state index in [9.17, 15) is 4.39 Å². The number of nitrogens with zero attached hydrogens (tertiary/aromatic N) is 3. The Balaban J connectivity index is 1.30. The molecule has 23 heavy (non-hydrogen) atoms. The minimum atomic E-state index is -0.203. The van der Waals surface area contributed by atoms with Crippen LogP contribution < -0.4 is 5.32 Å². The molecule has 1 aromatic heterocycles. The van der Waals surface area contributed by atoms with Crippen LogP contribution in [0.4, 0.5) is 9.52 Å². The second-order valence-corrected chi connectivity index (χ2v) is 7.55. The Morgan fingerprint density at radius 3 is 2.52 bits per heavy atom. The fraction of sp³-hybridized carbons (Fsp3) is 0.529. The molecule has 0 radical (unpaired) electrons. The van der Waals surface area contributed by atoms with E-state index in [-0.39, 0.29) is 5.82 Å². The molecule has 1 aliphatic carbocycles. The van der Waals surface area contributed by atoms with Crippen LogP contribution in [0.1, 0.15) is 36.3 Å². The van der Waals surface area contributed by atoms with E-state index in [2.05, 4.69) is 20.4 Å². The lowest BCUT2D eigenvalue weighted by molar-refractivity contribution is 0.210. The first kappa shape index (κ1) is 15.0. The maximum absolute atomic E-state index is 12.9. The molecule has 1 saturated carbocycles. The third-order valence-electron chi connectivity index (χ3n) is 4.66. The van der Waals surface area contributed by atoms with Crippen molar-refractivity contribution in [3.8, 4) is 0 Å². The van der Waals surface area contributed by atoms with Gasteiger partial charge in [0.2, 0.25) is 5.13 Å². The van der Waals surface area contributed by atoms with Gasteiger partial charge in [-0.3, -0.25) is 0 Å². The Bertz CT molecular complexity index is 645. The highest BCUT2D eigenvalue weighted by molar-refractivity contribution is 7.15. The highest BCUT2D eigenvalue weighted by Gasteiger charge is 2.31. The average molecular weight is 332 g/mol. The molecule has 0 atom stereocenters. The minimum absolute atomic E-state index is 0.203. The first-order valence-electron chi connectivity index (χ1n) is 8.34. The van der Waals surface area contributed by atoms with Crippen LogP contribution in [-0.2, 0) is 6.42 Å². The topological polar surface area (TPSA) is 41.1 Å². The van der Waals surface area contributed by atoms with Crippen LogP contribution in [0.5, 0.6) is 0 Å². The summed E-state index contributed by atoms with van der Waals surface area (Å²) in [5.74, 6) is -0.203. The van der Waals surface area contributed by atoms with Gasteiger partial charge >= 0.3 is 0 Å². The number of anilines is 1. The SMILES string of the molecule is Fc1ccc(Cc2nnc(NC3CCN(C4CC4)CC3)s2)cc1. The molecular weight excluding hydrogens is 311 g/mol. The predicted molar refractivity (Wildman–Crippen MR) is 90.4 cm³/mol. The lowest BCUT2D eigenvalue weighted by Crippen LogP contribution is -2.40. The molecule has 1 aromatic carbocycles. The highest BCUT2D eigenvalue weighted by atomic mass is 32.1. The Hall–Kier alpha value is -1.53. The summed E-state index contributed by atoms with van der Waals surface area (Å²) >= 11 is 1.60. The number of halogens is 1. The van der Waals surface area contributed by atoms with E-state index in [0.717, 1.165) is 21.7 Å². The molecule has 4 nitrogen and oxygen atoms in total. The number of piperidine rings is 1. The average Bonchev–Trinajstić information content (AvgIpc) is 3.32. The summed E-state index contributed by atoms with van der Waals surface area (Å²) < 4.78 is 12.9. The van der Waals surface area contributed by atoms with Gasteiger partial charge in [0.1, 0.15) is 10.8 Å². The number of nitrogens with one attached hydrogen (secondary N) is 1. The Morgan fingerprint density at radius 2 is 1.83 bits per heavy atom. The summed E-state index contributed by atoms with van der Waals surface area (Å²) in [6, 6.07) is 7.97. The first-order chi connectivity index (χ1) is 11.3. The zero-order chi connectivity index (χ0) is 15.6. The normalized spacial score (nSPS) is 19.9. The Morgan fingerprint density at radius 1 is 1.09 bits per heavy atom. The monoisotopic (exact) mass is 332 g/mol. The predicted octanol–water partition coefficient (Wildman–Crippen LogP) is 3.31. The zero-order valence-electron chi connectivity index (χ0n) is 13.0. The molecule has 1 N–H and O–H groups in total. The van der Waals surface area contributed by atoms with E-state index >= 15 is 0 Å². The van der Waals surface area contributed by atoms with Gasteiger partial charge in [-0.15, -0.1) is 10.2 Å². The van der Waals surface area contributed by atoms with Gasteiger partial charge in [-0.05, 0) is 43.4 Å². The molecule has 6 heteroatoms. The Kier molecular flexibility index (Phi) is 4.27. The minimum Gasteiger partial charge on any atom is -0.357 e. The summed E-state index contributed by atoms with van der Waals surface area (Å²) in [6.45, 7) is 2.40. The molecule has 4 rings (SSSR count). The van der Waals surface area contributed by atoms with Gasteiger partial charge in [-0.25, -0.2) is 4.39 Å². The summed E-state index contributed by atoms with van der Waals surface area (Å²) in [5, 5.41) is 13.9. The number of benzene rings is 1. The maximum Gasteiger partial charge on any atom is 0.205 e. The second-order valence-electron chi connectivity index (χ2n) is 6.49. The summed E-state index contributed by atoms with van der Waals surface area (Å²) in [7, 11) is 0. The molecule has 0 spiro atoms. The standard InChI is InChI=1S/C17H21FN4S/c18-13-3-1-12(2-4-13)11-16-20-21-17(23-16)19-14-7-9-22(10-8-14)15-5-6-15/h1-4,14-15H,5-11H2,(H,19,21). The number of hydrogen-bond donors (Lipinski definition) is 1. The van der Waals surface area contributed by atoms with Gasteiger partial charge in [0.15, 0.2) is 0 Å². The third-order valence-corrected chi connectivity index (χ3v) is 5.51. The number of likely N-dealkylation sites (tertiary alicyclic amines) is 1. The number of aromatic nitrogens is 2. The lowest BCUT2D eigenvalue weighted by atomic mass is 10.1. The fourth-order valence-corrected chi connectivity index (χ4v) is 4.03. The van der Waals surface area contributed by atoms with Crippen molar-refractivity contribution in [1.82, 2.24) is 15.1 Å². The van der Waals surface area contributed by atoms with Crippen molar-refractivity contribution in [2.24, 2.45) is 0 Å². The quantitative estimate of drug-likeness (QED) is 0.912. The van der Waals surface area contributed by atoms with E-state index in [1.165, 1.54) is 50.9 Å². The van der Waals surface area contributed by atoms with E-state index < -0.39 is 0 Å². The van der Waals surface area contributed by atoms with Crippen LogP contribution in [0, 0.1) is 5.82 Å². The van der Waals surface area contributed by atoms with Gasteiger partial charge in [-0.2, -0.15) is 0 Å². The van der Waals surface area contributed by atoms with Crippen molar-refractivity contribution in [3.05, 3.63) is 40.7 Å². The van der Waals surface area contributed by atoms with Crippen LogP contribution in [-0.4, -0.2) is 40.3 Å². The molecular formula is C17H21FN4S. The zero-order valence-corrected chi connectivity index (χ0v) is 13.9. The summed E-state index contributed by atoms with van der Waals surface area (Å²) in [5.41, 5.74) is 1.06. The van der Waals surface area contributed by atoms with Gasteiger partial charge in [-0.1, -0.05) is 23.5 Å². The van der Waals surface area contributed by atoms with Crippen LogP contribution in [0.15, 0.2) is 24.3 Å². The number of hydrogen-bond acceptors (Lipinski definition) is 5. The molecule has 0 bridgehead atoms. The van der Waals surface area contributed by atoms with Gasteiger partial charge in [0.25, 0.3) is 0 Å². The molecule has 0 amide bonds. The van der Waals surface area contributed by atoms with Crippen LogP contribution in [0.25, 0.3) is 0 Å². The van der Waals surface area contributed by atoms with E-state index in [1.54, 1.807) is 23.5 Å². The summed E-state index contributed by atoms with van der Waals surface area (Å²) in [6.07, 6.45) is 5.86. The van der Waals surface area contributed by atoms with Crippen molar-refractivity contribution in [3.63, 3.8) is 0 Å². The summed E-state index contributed by atoms with van der Waals surface area (Å²) in [4.78, 5) is 2.62. The van der Waals surface area contributed by atoms with E-state index in [1.807, 2.05) is 0 Å². The largest absolute Gasteiger partial charge is 0.357 e. The second kappa shape index (κ2) is 6.53. The van der Waals surface area contributed by atoms with Crippen molar-refractivity contribution in [1.29, 1.82) is 0 Å². The Labute approximate surface area is 139 Å². The van der Waals surface area contributed by atoms with E-state index in [4.69, 9.17) is 0 Å². The maximum atomic E-state index is 12.9. The van der Waals surface area contributed by atoms with Crippen LogP contribution in [0.3, 0.4) is 0 Å². The van der Waals surface area contributed by atoms with Crippen LogP contribution in [0.2, 0.25) is 0 Å². The van der Waals surface area contributed by atoms with Crippen molar-refractivity contribution in [2.75, 3.05) is 18.4 Å². The first-order valence-corrected chi connectivity index (χ1v) is 9.15. The molecule has 2 aliphatic rings. The van der Waals surface area contributed by atoms with Gasteiger partial charge in [0.05, 0.1) is 0 Å². The molecule has 2 heterocycles. The fourth-order valence-electron chi connectivity index (χ4n) is 3.18. The van der Waals surface area contributed by atoms with Crippen LogP contribution >= 0.6 is 11.3 Å². The lowest BCUT2D eigenvalue weighted by Gasteiger charge is -2.32. The van der Waals surface area contributed by atoms with Crippen molar-refractivity contribution in [2.45, 2.75) is 44.2 Å². The van der Waals surface area contributed by atoms with Crippen molar-refractivity contribution >= 4 is 16.5 Å². The van der Waals surface area contributed by atoms with E-state index in [0.29, 0.717) is 12.5 Å². The third kappa shape index (κ3) is 3.87. The molecule has 1 aliphatic heterocycles. The van der Waals surface area contributed by atoms with Gasteiger partial charge < -0.3 is 10.2 Å². The smallest absolute Gasteiger partial charge is 0.205 e. The molecule has 2 fully saturated rings. The molecule has 122 valence electrons.